The normalized spacial score (nSPS) is 11.0. The number of anilines is 1. The molecule has 2 aromatic carbocycles. The van der Waals surface area contributed by atoms with Crippen LogP contribution >= 0.6 is 0 Å². The van der Waals surface area contributed by atoms with E-state index in [1.165, 1.54) is 24.5 Å². The third-order valence-corrected chi connectivity index (χ3v) is 3.48. The summed E-state index contributed by atoms with van der Waals surface area (Å²) in [7, 11) is 0. The molecule has 0 aliphatic rings. The summed E-state index contributed by atoms with van der Waals surface area (Å²) >= 11 is 0. The summed E-state index contributed by atoms with van der Waals surface area (Å²) in [5.41, 5.74) is 0.935. The van der Waals surface area contributed by atoms with E-state index < -0.39 is 11.8 Å². The highest BCUT2D eigenvalue weighted by Gasteiger charge is 2.15. The van der Waals surface area contributed by atoms with Crippen LogP contribution in [0.2, 0.25) is 0 Å². The van der Waals surface area contributed by atoms with E-state index in [0.717, 1.165) is 0 Å². The fraction of sp³-hybridized carbons (Fsp3) is 0. The van der Waals surface area contributed by atoms with Crippen molar-refractivity contribution in [2.45, 2.75) is 0 Å². The summed E-state index contributed by atoms with van der Waals surface area (Å²) in [6.07, 6.45) is 2.91. The third kappa shape index (κ3) is 4.39. The SMILES string of the molecule is O=C(Nc1ccc(O)cc1)C(=Cc1ccco1)NC(=O)c1ccccc1. The van der Waals surface area contributed by atoms with E-state index in [9.17, 15) is 14.7 Å². The van der Waals surface area contributed by atoms with Gasteiger partial charge in [-0.25, -0.2) is 0 Å². The lowest BCUT2D eigenvalue weighted by atomic mass is 10.2. The Morgan fingerprint density at radius 1 is 0.923 bits per heavy atom. The predicted molar refractivity (Wildman–Crippen MR) is 97.3 cm³/mol. The number of hydrogen-bond acceptors (Lipinski definition) is 4. The Labute approximate surface area is 149 Å². The minimum Gasteiger partial charge on any atom is -0.508 e. The molecule has 3 aromatic rings. The Balaban J connectivity index is 1.82. The Morgan fingerprint density at radius 2 is 1.65 bits per heavy atom. The molecule has 26 heavy (non-hydrogen) atoms. The molecule has 0 fully saturated rings. The molecule has 0 spiro atoms. The van der Waals surface area contributed by atoms with E-state index in [-0.39, 0.29) is 11.4 Å². The van der Waals surface area contributed by atoms with Crippen LogP contribution in [-0.4, -0.2) is 16.9 Å². The van der Waals surface area contributed by atoms with Gasteiger partial charge in [0.1, 0.15) is 17.2 Å². The first-order valence-electron chi connectivity index (χ1n) is 7.84. The maximum Gasteiger partial charge on any atom is 0.272 e. The monoisotopic (exact) mass is 348 g/mol. The van der Waals surface area contributed by atoms with Crippen LogP contribution in [0.15, 0.2) is 83.1 Å². The second-order valence-corrected chi connectivity index (χ2v) is 5.39. The summed E-state index contributed by atoms with van der Waals surface area (Å²) in [6, 6.07) is 17.9. The van der Waals surface area contributed by atoms with Gasteiger partial charge in [-0.2, -0.15) is 0 Å². The third-order valence-electron chi connectivity index (χ3n) is 3.48. The maximum absolute atomic E-state index is 12.6. The quantitative estimate of drug-likeness (QED) is 0.487. The first-order chi connectivity index (χ1) is 12.6. The van der Waals surface area contributed by atoms with Gasteiger partial charge >= 0.3 is 0 Å². The lowest BCUT2D eigenvalue weighted by Crippen LogP contribution is -2.30. The fourth-order valence-corrected chi connectivity index (χ4v) is 2.20. The van der Waals surface area contributed by atoms with Gasteiger partial charge in [0.05, 0.1) is 6.26 Å². The fourth-order valence-electron chi connectivity index (χ4n) is 2.20. The Morgan fingerprint density at radius 3 is 2.31 bits per heavy atom. The van der Waals surface area contributed by atoms with Gasteiger partial charge in [0, 0.05) is 17.3 Å². The molecular weight excluding hydrogens is 332 g/mol. The van der Waals surface area contributed by atoms with E-state index in [1.807, 2.05) is 0 Å². The van der Waals surface area contributed by atoms with E-state index >= 15 is 0 Å². The number of rotatable bonds is 5. The molecule has 0 saturated heterocycles. The topological polar surface area (TPSA) is 91.6 Å². The first-order valence-corrected chi connectivity index (χ1v) is 7.84. The maximum atomic E-state index is 12.6. The minimum atomic E-state index is -0.517. The Hall–Kier alpha value is -3.80. The predicted octanol–water partition coefficient (Wildman–Crippen LogP) is 3.39. The van der Waals surface area contributed by atoms with Gasteiger partial charge in [0.15, 0.2) is 0 Å². The van der Waals surface area contributed by atoms with Crippen molar-refractivity contribution >= 4 is 23.6 Å². The molecule has 0 radical (unpaired) electrons. The van der Waals surface area contributed by atoms with Crippen LogP contribution in [0.1, 0.15) is 16.1 Å². The van der Waals surface area contributed by atoms with Crippen LogP contribution in [0, 0.1) is 0 Å². The highest BCUT2D eigenvalue weighted by molar-refractivity contribution is 6.10. The second kappa shape index (κ2) is 7.85. The zero-order chi connectivity index (χ0) is 18.4. The molecule has 0 aliphatic carbocycles. The van der Waals surface area contributed by atoms with Crippen molar-refractivity contribution in [1.82, 2.24) is 5.32 Å². The average molecular weight is 348 g/mol. The number of amides is 2. The van der Waals surface area contributed by atoms with Crippen molar-refractivity contribution in [3.8, 4) is 5.75 Å². The van der Waals surface area contributed by atoms with Gasteiger partial charge in [0.2, 0.25) is 0 Å². The van der Waals surface area contributed by atoms with Crippen LogP contribution in [-0.2, 0) is 4.79 Å². The minimum absolute atomic E-state index is 0.0295. The number of carbonyl (C=O) groups excluding carboxylic acids is 2. The highest BCUT2D eigenvalue weighted by atomic mass is 16.3. The van der Waals surface area contributed by atoms with Crippen LogP contribution in [0.4, 0.5) is 5.69 Å². The molecule has 1 aromatic heterocycles. The zero-order valence-electron chi connectivity index (χ0n) is 13.7. The molecule has 2 amide bonds. The first kappa shape index (κ1) is 17.0. The molecule has 1 heterocycles. The van der Waals surface area contributed by atoms with Crippen molar-refractivity contribution in [2.75, 3.05) is 5.32 Å². The molecular formula is C20H16N2O4. The smallest absolute Gasteiger partial charge is 0.272 e. The van der Waals surface area contributed by atoms with Gasteiger partial charge < -0.3 is 20.2 Å². The number of aromatic hydroxyl groups is 1. The van der Waals surface area contributed by atoms with Crippen molar-refractivity contribution in [2.24, 2.45) is 0 Å². The zero-order valence-corrected chi connectivity index (χ0v) is 13.7. The molecule has 0 bridgehead atoms. The van der Waals surface area contributed by atoms with Crippen LogP contribution < -0.4 is 10.6 Å². The number of carbonyl (C=O) groups is 2. The highest BCUT2D eigenvalue weighted by Crippen LogP contribution is 2.15. The van der Waals surface area contributed by atoms with Gasteiger partial charge in [-0.05, 0) is 48.5 Å². The number of phenolic OH excluding ortho intramolecular Hbond substituents is 1. The lowest BCUT2D eigenvalue weighted by Gasteiger charge is -2.11. The van der Waals surface area contributed by atoms with Crippen LogP contribution in [0.5, 0.6) is 5.75 Å². The molecule has 0 saturated carbocycles. The van der Waals surface area contributed by atoms with E-state index in [0.29, 0.717) is 17.0 Å². The van der Waals surface area contributed by atoms with E-state index in [1.54, 1.807) is 54.6 Å². The van der Waals surface area contributed by atoms with E-state index in [2.05, 4.69) is 10.6 Å². The summed E-state index contributed by atoms with van der Waals surface area (Å²) in [4.78, 5) is 25.0. The summed E-state index contributed by atoms with van der Waals surface area (Å²) in [6.45, 7) is 0. The van der Waals surface area contributed by atoms with Crippen molar-refractivity contribution in [3.05, 3.63) is 90.0 Å². The van der Waals surface area contributed by atoms with Crippen molar-refractivity contribution in [3.63, 3.8) is 0 Å². The number of furan rings is 1. The molecule has 0 unspecified atom stereocenters. The number of nitrogens with one attached hydrogen (secondary N) is 2. The van der Waals surface area contributed by atoms with Gasteiger partial charge in [-0.1, -0.05) is 18.2 Å². The molecule has 0 atom stereocenters. The molecule has 6 heteroatoms. The molecule has 3 N–H and O–H groups in total. The van der Waals surface area contributed by atoms with Crippen molar-refractivity contribution in [1.29, 1.82) is 0 Å². The molecule has 0 aliphatic heterocycles. The summed E-state index contributed by atoms with van der Waals surface area (Å²) in [5.74, 6) is -0.415. The number of benzene rings is 2. The number of hydrogen-bond donors (Lipinski definition) is 3. The number of phenols is 1. The Bertz CT molecular complexity index is 914. The largest absolute Gasteiger partial charge is 0.508 e. The standard InChI is InChI=1S/C20H16N2O4/c23-16-10-8-15(9-11-16)21-20(25)18(13-17-7-4-12-26-17)22-19(24)14-5-2-1-3-6-14/h1-13,23H,(H,21,25)(H,22,24). The van der Waals surface area contributed by atoms with Gasteiger partial charge in [0.25, 0.3) is 11.8 Å². The van der Waals surface area contributed by atoms with Crippen LogP contribution in [0.3, 0.4) is 0 Å². The lowest BCUT2D eigenvalue weighted by molar-refractivity contribution is -0.113. The molecule has 130 valence electrons. The summed E-state index contributed by atoms with van der Waals surface area (Å²) in [5, 5.41) is 14.6. The van der Waals surface area contributed by atoms with Gasteiger partial charge in [-0.15, -0.1) is 0 Å². The second-order valence-electron chi connectivity index (χ2n) is 5.39. The summed E-state index contributed by atoms with van der Waals surface area (Å²) < 4.78 is 5.23. The van der Waals surface area contributed by atoms with Gasteiger partial charge in [-0.3, -0.25) is 9.59 Å². The van der Waals surface area contributed by atoms with E-state index in [4.69, 9.17) is 4.42 Å². The van der Waals surface area contributed by atoms with Crippen molar-refractivity contribution < 1.29 is 19.1 Å². The average Bonchev–Trinajstić information content (AvgIpc) is 3.17. The molecule has 3 rings (SSSR count). The Kier molecular flexibility index (Phi) is 5.14. The molecule has 6 nitrogen and oxygen atoms in total. The van der Waals surface area contributed by atoms with Crippen LogP contribution in [0.25, 0.3) is 6.08 Å².